The van der Waals surface area contributed by atoms with Crippen molar-refractivity contribution < 1.29 is 32.2 Å². The molecule has 0 spiro atoms. The van der Waals surface area contributed by atoms with Crippen LogP contribution in [0.3, 0.4) is 0 Å². The van der Waals surface area contributed by atoms with E-state index in [2.05, 4.69) is 6.58 Å². The van der Waals surface area contributed by atoms with E-state index in [0.29, 0.717) is 12.8 Å². The summed E-state index contributed by atoms with van der Waals surface area (Å²) in [5.74, 6) is -1.29. The SMILES string of the molecule is C=C(C)C(=O)OCC1CC(COC(C)=O)CC1CCC(F)(F)F. The molecule has 23 heavy (non-hydrogen) atoms. The molecule has 1 fully saturated rings. The zero-order valence-electron chi connectivity index (χ0n) is 13.4. The lowest BCUT2D eigenvalue weighted by molar-refractivity contribution is -0.143. The van der Waals surface area contributed by atoms with Crippen LogP contribution >= 0.6 is 0 Å². The van der Waals surface area contributed by atoms with Gasteiger partial charge < -0.3 is 9.47 Å². The maximum absolute atomic E-state index is 12.4. The molecule has 0 aromatic heterocycles. The molecule has 1 saturated carbocycles. The Labute approximate surface area is 134 Å². The third kappa shape index (κ3) is 7.52. The zero-order chi connectivity index (χ0) is 17.6. The van der Waals surface area contributed by atoms with E-state index in [1.165, 1.54) is 13.8 Å². The molecule has 0 aromatic carbocycles. The van der Waals surface area contributed by atoms with Crippen molar-refractivity contribution in [3.63, 3.8) is 0 Å². The van der Waals surface area contributed by atoms with Gasteiger partial charge in [-0.25, -0.2) is 4.79 Å². The summed E-state index contributed by atoms with van der Waals surface area (Å²) in [6.45, 7) is 6.55. The van der Waals surface area contributed by atoms with E-state index in [4.69, 9.17) is 9.47 Å². The number of carbonyl (C=O) groups excluding carboxylic acids is 2. The lowest BCUT2D eigenvalue weighted by Crippen LogP contribution is -2.20. The molecule has 4 nitrogen and oxygen atoms in total. The van der Waals surface area contributed by atoms with E-state index >= 15 is 0 Å². The minimum Gasteiger partial charge on any atom is -0.466 e. The zero-order valence-corrected chi connectivity index (χ0v) is 13.4. The Morgan fingerprint density at radius 1 is 1.09 bits per heavy atom. The molecule has 132 valence electrons. The number of ether oxygens (including phenoxy) is 2. The van der Waals surface area contributed by atoms with Crippen molar-refractivity contribution >= 4 is 11.9 Å². The second-order valence-electron chi connectivity index (χ2n) is 6.19. The number of esters is 2. The molecular formula is C16H23F3O4. The van der Waals surface area contributed by atoms with Gasteiger partial charge in [0.25, 0.3) is 0 Å². The standard InChI is InChI=1S/C16H23F3O4/c1-10(2)15(21)23-9-14-7-12(8-22-11(3)20)6-13(14)4-5-16(17,18)19/h12-14H,1,4-9H2,2-3H3. The van der Waals surface area contributed by atoms with Crippen LogP contribution in [0.4, 0.5) is 13.2 Å². The Bertz CT molecular complexity index is 445. The summed E-state index contributed by atoms with van der Waals surface area (Å²) in [5.41, 5.74) is 0.256. The average Bonchev–Trinajstić information content (AvgIpc) is 2.81. The number of halogens is 3. The molecule has 1 rings (SSSR count). The molecule has 0 aliphatic heterocycles. The van der Waals surface area contributed by atoms with E-state index in [-0.39, 0.29) is 43.0 Å². The first kappa shape index (κ1) is 19.5. The van der Waals surface area contributed by atoms with Gasteiger partial charge in [0.05, 0.1) is 13.2 Å². The molecule has 0 heterocycles. The number of hydrogen-bond donors (Lipinski definition) is 0. The Hall–Kier alpha value is -1.53. The average molecular weight is 336 g/mol. The monoisotopic (exact) mass is 336 g/mol. The van der Waals surface area contributed by atoms with Gasteiger partial charge in [-0.3, -0.25) is 4.79 Å². The molecule has 1 aliphatic rings. The number of rotatable bonds is 7. The van der Waals surface area contributed by atoms with Gasteiger partial charge in [0.2, 0.25) is 0 Å². The summed E-state index contributed by atoms with van der Waals surface area (Å²) in [5, 5.41) is 0. The van der Waals surface area contributed by atoms with Crippen molar-refractivity contribution in [1.82, 2.24) is 0 Å². The predicted octanol–water partition coefficient (Wildman–Crippen LogP) is 3.65. The first-order valence-electron chi connectivity index (χ1n) is 7.61. The fourth-order valence-corrected chi connectivity index (χ4v) is 2.92. The highest BCUT2D eigenvalue weighted by Crippen LogP contribution is 2.41. The van der Waals surface area contributed by atoms with Crippen molar-refractivity contribution in [3.05, 3.63) is 12.2 Å². The van der Waals surface area contributed by atoms with Crippen LogP contribution in [-0.4, -0.2) is 31.3 Å². The van der Waals surface area contributed by atoms with Crippen LogP contribution < -0.4 is 0 Å². The fourth-order valence-electron chi connectivity index (χ4n) is 2.92. The lowest BCUT2D eigenvalue weighted by Gasteiger charge is -2.20. The van der Waals surface area contributed by atoms with E-state index in [1.807, 2.05) is 0 Å². The largest absolute Gasteiger partial charge is 0.466 e. The van der Waals surface area contributed by atoms with Crippen LogP contribution in [0.25, 0.3) is 0 Å². The Balaban J connectivity index is 2.58. The third-order valence-electron chi connectivity index (χ3n) is 4.04. The van der Waals surface area contributed by atoms with Gasteiger partial charge in [0.15, 0.2) is 0 Å². The van der Waals surface area contributed by atoms with Gasteiger partial charge in [0, 0.05) is 18.9 Å². The van der Waals surface area contributed by atoms with Crippen LogP contribution in [0.1, 0.15) is 39.5 Å². The van der Waals surface area contributed by atoms with E-state index in [0.717, 1.165) is 0 Å². The topological polar surface area (TPSA) is 52.6 Å². The van der Waals surface area contributed by atoms with Gasteiger partial charge in [-0.15, -0.1) is 0 Å². The minimum absolute atomic E-state index is 0.00460. The fraction of sp³-hybridized carbons (Fsp3) is 0.750. The molecule has 0 radical (unpaired) electrons. The highest BCUT2D eigenvalue weighted by atomic mass is 19.4. The molecule has 3 atom stereocenters. The maximum atomic E-state index is 12.4. The molecule has 7 heteroatoms. The van der Waals surface area contributed by atoms with Crippen molar-refractivity contribution in [3.8, 4) is 0 Å². The van der Waals surface area contributed by atoms with E-state index in [1.54, 1.807) is 0 Å². The molecule has 0 aromatic rings. The van der Waals surface area contributed by atoms with Crippen molar-refractivity contribution in [2.45, 2.75) is 45.7 Å². The van der Waals surface area contributed by atoms with Crippen LogP contribution in [-0.2, 0) is 19.1 Å². The number of hydrogen-bond acceptors (Lipinski definition) is 4. The summed E-state index contributed by atoms with van der Waals surface area (Å²) in [7, 11) is 0. The van der Waals surface area contributed by atoms with E-state index in [9.17, 15) is 22.8 Å². The van der Waals surface area contributed by atoms with Crippen molar-refractivity contribution in [2.24, 2.45) is 17.8 Å². The third-order valence-corrected chi connectivity index (χ3v) is 4.04. The molecule has 0 N–H and O–H groups in total. The highest BCUT2D eigenvalue weighted by Gasteiger charge is 2.38. The van der Waals surface area contributed by atoms with Crippen LogP contribution in [0.15, 0.2) is 12.2 Å². The molecule has 0 bridgehead atoms. The van der Waals surface area contributed by atoms with Gasteiger partial charge in [-0.2, -0.15) is 13.2 Å². The highest BCUT2D eigenvalue weighted by molar-refractivity contribution is 5.86. The van der Waals surface area contributed by atoms with Gasteiger partial charge >= 0.3 is 18.1 Å². The van der Waals surface area contributed by atoms with Gasteiger partial charge in [-0.1, -0.05) is 6.58 Å². The summed E-state index contributed by atoms with van der Waals surface area (Å²) in [6.07, 6.45) is -3.94. The molecule has 3 unspecified atom stereocenters. The Morgan fingerprint density at radius 2 is 1.70 bits per heavy atom. The van der Waals surface area contributed by atoms with Crippen molar-refractivity contribution in [2.75, 3.05) is 13.2 Å². The molecule has 0 saturated heterocycles. The van der Waals surface area contributed by atoms with Crippen LogP contribution in [0, 0.1) is 17.8 Å². The molecule has 0 amide bonds. The Kier molecular flexibility index (Phi) is 7.09. The van der Waals surface area contributed by atoms with Crippen LogP contribution in [0.2, 0.25) is 0 Å². The first-order chi connectivity index (χ1) is 10.6. The molecule has 1 aliphatic carbocycles. The molecular weight excluding hydrogens is 313 g/mol. The van der Waals surface area contributed by atoms with E-state index < -0.39 is 24.5 Å². The summed E-state index contributed by atoms with van der Waals surface area (Å²) < 4.78 is 47.4. The smallest absolute Gasteiger partial charge is 0.389 e. The second kappa shape index (κ2) is 8.36. The van der Waals surface area contributed by atoms with Gasteiger partial charge in [-0.05, 0) is 43.9 Å². The van der Waals surface area contributed by atoms with Crippen LogP contribution in [0.5, 0.6) is 0 Å². The van der Waals surface area contributed by atoms with Gasteiger partial charge in [0.1, 0.15) is 0 Å². The Morgan fingerprint density at radius 3 is 2.22 bits per heavy atom. The second-order valence-corrected chi connectivity index (χ2v) is 6.19. The predicted molar refractivity (Wildman–Crippen MR) is 77.4 cm³/mol. The summed E-state index contributed by atoms with van der Waals surface area (Å²) >= 11 is 0. The quantitative estimate of drug-likeness (QED) is 0.526. The summed E-state index contributed by atoms with van der Waals surface area (Å²) in [4.78, 5) is 22.3. The number of carbonyl (C=O) groups is 2. The number of alkyl halides is 3. The minimum atomic E-state index is -4.20. The summed E-state index contributed by atoms with van der Waals surface area (Å²) in [6, 6.07) is 0. The van der Waals surface area contributed by atoms with Crippen molar-refractivity contribution in [1.29, 1.82) is 0 Å². The maximum Gasteiger partial charge on any atom is 0.389 e. The normalized spacial score (nSPS) is 24.3. The lowest BCUT2D eigenvalue weighted by atomic mass is 9.92. The first-order valence-corrected chi connectivity index (χ1v) is 7.61.